The monoisotopic (exact) mass is 206 g/mol. The van der Waals surface area contributed by atoms with Gasteiger partial charge in [0.15, 0.2) is 0 Å². The van der Waals surface area contributed by atoms with Gasteiger partial charge in [-0.25, -0.2) is 0 Å². The van der Waals surface area contributed by atoms with Crippen molar-refractivity contribution in [2.45, 2.75) is 26.5 Å². The molecule has 1 heterocycles. The quantitative estimate of drug-likeness (QED) is 0.801. The Kier molecular flexibility index (Phi) is 2.82. The Hall–Kier alpha value is -1.22. The molecule has 2 rings (SSSR count). The number of rotatable bonds is 2. The zero-order valence-electron chi connectivity index (χ0n) is 9.36. The van der Waals surface area contributed by atoms with Crippen molar-refractivity contribution in [3.8, 4) is 5.75 Å². The van der Waals surface area contributed by atoms with Gasteiger partial charge in [0.2, 0.25) is 0 Å². The molecule has 0 saturated heterocycles. The Bertz CT molecular complexity index is 351. The van der Waals surface area contributed by atoms with Crippen LogP contribution >= 0.6 is 0 Å². The Balaban J connectivity index is 2.38. The Morgan fingerprint density at radius 1 is 1.53 bits per heavy atom. The van der Waals surface area contributed by atoms with Gasteiger partial charge in [0.25, 0.3) is 0 Å². The zero-order chi connectivity index (χ0) is 10.8. The molecule has 0 saturated carbocycles. The number of nitrogens with zero attached hydrogens (tertiary/aromatic N) is 1. The lowest BCUT2D eigenvalue weighted by molar-refractivity contribution is 0.213. The van der Waals surface area contributed by atoms with Crippen LogP contribution in [0.4, 0.5) is 5.69 Å². The van der Waals surface area contributed by atoms with E-state index in [1.807, 2.05) is 12.1 Å². The molecule has 0 aromatic heterocycles. The molecule has 1 aromatic carbocycles. The zero-order valence-corrected chi connectivity index (χ0v) is 9.36. The summed E-state index contributed by atoms with van der Waals surface area (Å²) < 4.78 is 5.78. The van der Waals surface area contributed by atoms with Crippen LogP contribution in [0, 0.1) is 0 Å². The van der Waals surface area contributed by atoms with Gasteiger partial charge >= 0.3 is 0 Å². The molecule has 3 heteroatoms. The van der Waals surface area contributed by atoms with Crippen molar-refractivity contribution in [1.82, 2.24) is 0 Å². The number of fused-ring (bicyclic) bond motifs is 1. The first kappa shape index (κ1) is 10.3. The summed E-state index contributed by atoms with van der Waals surface area (Å²) in [5.74, 6) is 0.979. The summed E-state index contributed by atoms with van der Waals surface area (Å²) in [5.41, 5.74) is 7.97. The van der Waals surface area contributed by atoms with E-state index in [4.69, 9.17) is 10.5 Å². The van der Waals surface area contributed by atoms with Crippen molar-refractivity contribution < 1.29 is 4.74 Å². The molecule has 1 aliphatic heterocycles. The van der Waals surface area contributed by atoms with Gasteiger partial charge in [-0.15, -0.1) is 0 Å². The number of likely N-dealkylation sites (N-methyl/N-ethyl adjacent to an activating group) is 1. The highest BCUT2D eigenvalue weighted by atomic mass is 16.5. The lowest BCUT2D eigenvalue weighted by Crippen LogP contribution is -2.38. The fourth-order valence-corrected chi connectivity index (χ4v) is 2.00. The largest absolute Gasteiger partial charge is 0.487 e. The molecule has 15 heavy (non-hydrogen) atoms. The van der Waals surface area contributed by atoms with Crippen LogP contribution in [0.5, 0.6) is 5.75 Å². The second-order valence-electron chi connectivity index (χ2n) is 3.97. The third-order valence-corrected chi connectivity index (χ3v) is 2.79. The number of anilines is 1. The van der Waals surface area contributed by atoms with E-state index in [2.05, 4.69) is 24.8 Å². The minimum absolute atomic E-state index is 0.265. The highest BCUT2D eigenvalue weighted by molar-refractivity contribution is 5.61. The van der Waals surface area contributed by atoms with Gasteiger partial charge in [-0.3, -0.25) is 0 Å². The van der Waals surface area contributed by atoms with Gasteiger partial charge in [-0.05, 0) is 31.5 Å². The molecule has 1 atom stereocenters. The van der Waals surface area contributed by atoms with Crippen molar-refractivity contribution in [2.75, 3.05) is 18.0 Å². The van der Waals surface area contributed by atoms with E-state index in [1.165, 1.54) is 5.69 Å². The lowest BCUT2D eigenvalue weighted by atomic mass is 10.1. The van der Waals surface area contributed by atoms with Gasteiger partial charge in [0.05, 0.1) is 12.2 Å². The van der Waals surface area contributed by atoms with Crippen LogP contribution in [-0.4, -0.2) is 19.2 Å². The van der Waals surface area contributed by atoms with Gasteiger partial charge in [0.1, 0.15) is 11.9 Å². The summed E-state index contributed by atoms with van der Waals surface area (Å²) in [6.07, 6.45) is 0.265. The Morgan fingerprint density at radius 2 is 2.33 bits per heavy atom. The van der Waals surface area contributed by atoms with Crippen LogP contribution < -0.4 is 15.4 Å². The Labute approximate surface area is 90.8 Å². The molecule has 0 aliphatic carbocycles. The van der Waals surface area contributed by atoms with Crippen LogP contribution in [0.2, 0.25) is 0 Å². The van der Waals surface area contributed by atoms with Crippen LogP contribution in [0.25, 0.3) is 0 Å². The summed E-state index contributed by atoms with van der Waals surface area (Å²) in [6.45, 7) is 6.81. The SMILES string of the molecule is CCN1CC(C)Oc2ccc(CN)cc21. The van der Waals surface area contributed by atoms with Crippen LogP contribution in [0.15, 0.2) is 18.2 Å². The van der Waals surface area contributed by atoms with Gasteiger partial charge in [-0.1, -0.05) is 6.07 Å². The van der Waals surface area contributed by atoms with Gasteiger partial charge in [0, 0.05) is 13.1 Å². The first-order chi connectivity index (χ1) is 7.24. The van der Waals surface area contributed by atoms with Crippen molar-refractivity contribution in [3.63, 3.8) is 0 Å². The number of hydrogen-bond donors (Lipinski definition) is 1. The predicted molar refractivity (Wildman–Crippen MR) is 62.3 cm³/mol. The topological polar surface area (TPSA) is 38.5 Å². The summed E-state index contributed by atoms with van der Waals surface area (Å²) in [7, 11) is 0. The molecule has 2 N–H and O–H groups in total. The molecule has 0 fully saturated rings. The average molecular weight is 206 g/mol. The standard InChI is InChI=1S/C12H18N2O/c1-3-14-8-9(2)15-12-5-4-10(7-13)6-11(12)14/h4-6,9H,3,7-8,13H2,1-2H3. The first-order valence-corrected chi connectivity index (χ1v) is 5.49. The van der Waals surface area contributed by atoms with Crippen LogP contribution in [-0.2, 0) is 6.54 Å². The number of benzene rings is 1. The number of hydrogen-bond acceptors (Lipinski definition) is 3. The maximum absolute atomic E-state index is 5.78. The maximum Gasteiger partial charge on any atom is 0.143 e. The molecule has 0 amide bonds. The average Bonchev–Trinajstić information content (AvgIpc) is 2.27. The van der Waals surface area contributed by atoms with E-state index < -0.39 is 0 Å². The van der Waals surface area contributed by atoms with Crippen molar-refractivity contribution in [2.24, 2.45) is 5.73 Å². The fourth-order valence-electron chi connectivity index (χ4n) is 2.00. The molecule has 1 aliphatic rings. The Morgan fingerprint density at radius 3 is 3.00 bits per heavy atom. The normalized spacial score (nSPS) is 19.7. The molecular weight excluding hydrogens is 188 g/mol. The maximum atomic E-state index is 5.78. The highest BCUT2D eigenvalue weighted by Crippen LogP contribution is 2.33. The summed E-state index contributed by atoms with van der Waals surface area (Å²) in [5, 5.41) is 0. The van der Waals surface area contributed by atoms with E-state index in [1.54, 1.807) is 0 Å². The molecule has 0 radical (unpaired) electrons. The van der Waals surface area contributed by atoms with Crippen LogP contribution in [0.3, 0.4) is 0 Å². The van der Waals surface area contributed by atoms with Crippen molar-refractivity contribution >= 4 is 5.69 Å². The predicted octanol–water partition coefficient (Wildman–Crippen LogP) is 1.75. The molecular formula is C12H18N2O. The summed E-state index contributed by atoms with van der Waals surface area (Å²) in [6, 6.07) is 6.19. The second-order valence-corrected chi connectivity index (χ2v) is 3.97. The summed E-state index contributed by atoms with van der Waals surface area (Å²) in [4.78, 5) is 2.34. The van der Waals surface area contributed by atoms with E-state index in [0.717, 1.165) is 24.4 Å². The molecule has 1 unspecified atom stereocenters. The molecule has 1 aromatic rings. The first-order valence-electron chi connectivity index (χ1n) is 5.49. The van der Waals surface area contributed by atoms with E-state index >= 15 is 0 Å². The molecule has 0 spiro atoms. The lowest BCUT2D eigenvalue weighted by Gasteiger charge is -2.34. The van der Waals surface area contributed by atoms with Gasteiger partial charge < -0.3 is 15.4 Å². The van der Waals surface area contributed by atoms with E-state index in [0.29, 0.717) is 6.54 Å². The summed E-state index contributed by atoms with van der Waals surface area (Å²) >= 11 is 0. The third-order valence-electron chi connectivity index (χ3n) is 2.79. The molecule has 0 bridgehead atoms. The fraction of sp³-hybridized carbons (Fsp3) is 0.500. The van der Waals surface area contributed by atoms with Crippen molar-refractivity contribution in [3.05, 3.63) is 23.8 Å². The number of nitrogens with two attached hydrogens (primary N) is 1. The molecule has 3 nitrogen and oxygen atoms in total. The van der Waals surface area contributed by atoms with E-state index in [-0.39, 0.29) is 6.10 Å². The minimum Gasteiger partial charge on any atom is -0.487 e. The third kappa shape index (κ3) is 1.92. The van der Waals surface area contributed by atoms with Crippen LogP contribution in [0.1, 0.15) is 19.4 Å². The van der Waals surface area contributed by atoms with Crippen molar-refractivity contribution in [1.29, 1.82) is 0 Å². The van der Waals surface area contributed by atoms with E-state index in [9.17, 15) is 0 Å². The minimum atomic E-state index is 0.265. The second kappa shape index (κ2) is 4.11. The van der Waals surface area contributed by atoms with Gasteiger partial charge in [-0.2, -0.15) is 0 Å². The smallest absolute Gasteiger partial charge is 0.143 e. The highest BCUT2D eigenvalue weighted by Gasteiger charge is 2.21. The molecule has 82 valence electrons. The number of ether oxygens (including phenoxy) is 1.